The van der Waals surface area contributed by atoms with E-state index in [9.17, 15) is 0 Å². The highest BCUT2D eigenvalue weighted by Gasteiger charge is 2.35. The third-order valence-corrected chi connectivity index (χ3v) is 9.79. The fourth-order valence-corrected chi connectivity index (χ4v) is 7.62. The average molecular weight is 577 g/mol. The van der Waals surface area contributed by atoms with Crippen molar-refractivity contribution in [1.82, 2.24) is 4.57 Å². The van der Waals surface area contributed by atoms with Gasteiger partial charge in [-0.2, -0.15) is 0 Å². The Labute approximate surface area is 263 Å². The van der Waals surface area contributed by atoms with Gasteiger partial charge in [0.2, 0.25) is 0 Å². The number of nitrogens with one attached hydrogen (secondary N) is 1. The summed E-state index contributed by atoms with van der Waals surface area (Å²) in [6, 6.07) is 55.2. The van der Waals surface area contributed by atoms with Crippen molar-refractivity contribution >= 4 is 44.0 Å². The van der Waals surface area contributed by atoms with Crippen molar-refractivity contribution in [3.05, 3.63) is 163 Å². The molecule has 0 saturated heterocycles. The summed E-state index contributed by atoms with van der Waals surface area (Å²) in [4.78, 5) is 0. The second-order valence-corrected chi connectivity index (χ2v) is 12.7. The van der Waals surface area contributed by atoms with Crippen molar-refractivity contribution in [2.75, 3.05) is 5.32 Å². The second kappa shape index (κ2) is 9.70. The predicted octanol–water partition coefficient (Wildman–Crippen LogP) is 11.7. The molecule has 0 spiro atoms. The summed E-state index contributed by atoms with van der Waals surface area (Å²) >= 11 is 0. The number of fused-ring (bicyclic) bond motifs is 7. The van der Waals surface area contributed by atoms with E-state index in [1.54, 1.807) is 0 Å². The van der Waals surface area contributed by atoms with Crippen molar-refractivity contribution in [2.24, 2.45) is 0 Å². The van der Waals surface area contributed by atoms with E-state index in [1.165, 1.54) is 66.0 Å². The SMILES string of the molecule is CC1(C)c2ccccc2-c2cc(Nc3ccc4ccccc4c3-c3ccc(-n4c5ccccc5c5ccccc54)cc3)ccc21. The number of hydrogen-bond donors (Lipinski definition) is 1. The fourth-order valence-electron chi connectivity index (χ4n) is 7.62. The molecular formula is C43H32N2. The highest BCUT2D eigenvalue weighted by atomic mass is 15.0. The number of rotatable bonds is 4. The molecule has 0 fully saturated rings. The van der Waals surface area contributed by atoms with E-state index in [2.05, 4.69) is 175 Å². The molecule has 7 aromatic carbocycles. The predicted molar refractivity (Wildman–Crippen MR) is 191 cm³/mol. The maximum absolute atomic E-state index is 3.84. The Balaban J connectivity index is 1.16. The number of anilines is 2. The zero-order valence-electron chi connectivity index (χ0n) is 25.4. The van der Waals surface area contributed by atoms with E-state index in [0.717, 1.165) is 17.1 Å². The Morgan fingerprint density at radius 2 is 1.13 bits per heavy atom. The lowest BCUT2D eigenvalue weighted by Gasteiger charge is -2.21. The van der Waals surface area contributed by atoms with Crippen LogP contribution in [-0.2, 0) is 5.41 Å². The molecule has 1 heterocycles. The molecule has 0 atom stereocenters. The number of benzene rings is 7. The van der Waals surface area contributed by atoms with Crippen LogP contribution in [0.4, 0.5) is 11.4 Å². The van der Waals surface area contributed by atoms with Crippen molar-refractivity contribution in [3.63, 3.8) is 0 Å². The van der Waals surface area contributed by atoms with Crippen molar-refractivity contribution in [2.45, 2.75) is 19.3 Å². The Morgan fingerprint density at radius 1 is 0.511 bits per heavy atom. The quantitative estimate of drug-likeness (QED) is 0.220. The molecule has 2 nitrogen and oxygen atoms in total. The van der Waals surface area contributed by atoms with E-state index in [-0.39, 0.29) is 5.41 Å². The van der Waals surface area contributed by atoms with Gasteiger partial charge in [0, 0.05) is 38.8 Å². The van der Waals surface area contributed by atoms with E-state index in [0.29, 0.717) is 0 Å². The molecule has 1 aromatic heterocycles. The van der Waals surface area contributed by atoms with Crippen LogP contribution in [0.25, 0.3) is 60.5 Å². The minimum atomic E-state index is -0.00329. The van der Waals surface area contributed by atoms with Crippen LogP contribution in [0, 0.1) is 0 Å². The molecule has 0 aliphatic heterocycles. The van der Waals surface area contributed by atoms with Gasteiger partial charge in [-0.1, -0.05) is 123 Å². The van der Waals surface area contributed by atoms with Crippen LogP contribution in [0.3, 0.4) is 0 Å². The largest absolute Gasteiger partial charge is 0.355 e. The highest BCUT2D eigenvalue weighted by Crippen LogP contribution is 2.49. The lowest BCUT2D eigenvalue weighted by molar-refractivity contribution is 0.660. The zero-order chi connectivity index (χ0) is 30.1. The molecule has 1 N–H and O–H groups in total. The zero-order valence-corrected chi connectivity index (χ0v) is 25.4. The van der Waals surface area contributed by atoms with Crippen LogP contribution < -0.4 is 5.32 Å². The first-order chi connectivity index (χ1) is 22.1. The lowest BCUT2D eigenvalue weighted by atomic mass is 9.82. The fraction of sp³-hybridized carbons (Fsp3) is 0.0698. The molecule has 9 rings (SSSR count). The van der Waals surface area contributed by atoms with E-state index >= 15 is 0 Å². The van der Waals surface area contributed by atoms with Gasteiger partial charge in [-0.05, 0) is 81.1 Å². The number of hydrogen-bond acceptors (Lipinski definition) is 1. The smallest absolute Gasteiger partial charge is 0.0541 e. The molecular weight excluding hydrogens is 544 g/mol. The summed E-state index contributed by atoms with van der Waals surface area (Å²) in [7, 11) is 0. The van der Waals surface area contributed by atoms with Gasteiger partial charge >= 0.3 is 0 Å². The minimum absolute atomic E-state index is 0.00329. The first kappa shape index (κ1) is 25.9. The molecule has 2 heteroatoms. The van der Waals surface area contributed by atoms with Gasteiger partial charge < -0.3 is 9.88 Å². The molecule has 8 aromatic rings. The average Bonchev–Trinajstić information content (AvgIpc) is 3.54. The van der Waals surface area contributed by atoms with Gasteiger partial charge in [0.1, 0.15) is 0 Å². The summed E-state index contributed by atoms with van der Waals surface area (Å²) in [5, 5.41) is 8.85. The third kappa shape index (κ3) is 3.89. The van der Waals surface area contributed by atoms with E-state index in [1.807, 2.05) is 0 Å². The Bertz CT molecular complexity index is 2370. The monoisotopic (exact) mass is 576 g/mol. The normalized spacial score (nSPS) is 13.3. The van der Waals surface area contributed by atoms with Gasteiger partial charge in [0.05, 0.1) is 11.0 Å². The van der Waals surface area contributed by atoms with Gasteiger partial charge in [-0.25, -0.2) is 0 Å². The van der Waals surface area contributed by atoms with Gasteiger partial charge in [0.25, 0.3) is 0 Å². The van der Waals surface area contributed by atoms with Crippen LogP contribution in [0.15, 0.2) is 152 Å². The molecule has 214 valence electrons. The molecule has 45 heavy (non-hydrogen) atoms. The molecule has 0 amide bonds. The van der Waals surface area contributed by atoms with Gasteiger partial charge in [-0.3, -0.25) is 0 Å². The van der Waals surface area contributed by atoms with Gasteiger partial charge in [-0.15, -0.1) is 0 Å². The Morgan fingerprint density at radius 3 is 1.89 bits per heavy atom. The maximum atomic E-state index is 3.84. The standard InChI is InChI=1S/C43H32N2/c1-43(2)37-16-8-5-13-33(37)36-27-30(22-25-38(36)43)44-39-26-21-28-11-3-4-12-32(28)42(39)29-19-23-31(24-20-29)45-40-17-9-6-14-34(40)35-15-7-10-18-41(35)45/h3-27,44H,1-2H3. The second-order valence-electron chi connectivity index (χ2n) is 12.7. The molecule has 1 aliphatic rings. The Kier molecular flexibility index (Phi) is 5.58. The summed E-state index contributed by atoms with van der Waals surface area (Å²) in [6.45, 7) is 4.66. The highest BCUT2D eigenvalue weighted by molar-refractivity contribution is 6.09. The van der Waals surface area contributed by atoms with Crippen LogP contribution >= 0.6 is 0 Å². The number of aromatic nitrogens is 1. The number of nitrogens with zero attached hydrogens (tertiary/aromatic N) is 1. The topological polar surface area (TPSA) is 17.0 Å². The first-order valence-electron chi connectivity index (χ1n) is 15.7. The van der Waals surface area contributed by atoms with Crippen molar-refractivity contribution in [3.8, 4) is 27.9 Å². The minimum Gasteiger partial charge on any atom is -0.355 e. The van der Waals surface area contributed by atoms with E-state index in [4.69, 9.17) is 0 Å². The molecule has 0 radical (unpaired) electrons. The van der Waals surface area contributed by atoms with Crippen LogP contribution in [-0.4, -0.2) is 4.57 Å². The maximum Gasteiger partial charge on any atom is 0.0541 e. The van der Waals surface area contributed by atoms with Crippen molar-refractivity contribution < 1.29 is 0 Å². The van der Waals surface area contributed by atoms with Crippen molar-refractivity contribution in [1.29, 1.82) is 0 Å². The molecule has 1 aliphatic carbocycles. The summed E-state index contributed by atoms with van der Waals surface area (Å²) < 4.78 is 2.38. The summed E-state index contributed by atoms with van der Waals surface area (Å²) in [6.07, 6.45) is 0. The number of para-hydroxylation sites is 2. The lowest BCUT2D eigenvalue weighted by Crippen LogP contribution is -2.14. The molecule has 0 saturated carbocycles. The molecule has 0 unspecified atom stereocenters. The van der Waals surface area contributed by atoms with Crippen LogP contribution in [0.2, 0.25) is 0 Å². The van der Waals surface area contributed by atoms with Crippen LogP contribution in [0.5, 0.6) is 0 Å². The van der Waals surface area contributed by atoms with Crippen LogP contribution in [0.1, 0.15) is 25.0 Å². The van der Waals surface area contributed by atoms with E-state index < -0.39 is 0 Å². The summed E-state index contributed by atoms with van der Waals surface area (Å²) in [5.74, 6) is 0. The summed E-state index contributed by atoms with van der Waals surface area (Å²) in [5.41, 5.74) is 13.6. The Hall–Kier alpha value is -5.60. The third-order valence-electron chi connectivity index (χ3n) is 9.79. The molecule has 0 bridgehead atoms. The first-order valence-corrected chi connectivity index (χ1v) is 15.7. The van der Waals surface area contributed by atoms with Gasteiger partial charge in [0.15, 0.2) is 0 Å².